The molecule has 0 saturated carbocycles. The van der Waals surface area contributed by atoms with E-state index in [2.05, 4.69) is 5.10 Å². The number of nitrogens with zero attached hydrogens (tertiary/aromatic N) is 2. The average molecular weight is 394 g/mol. The zero-order valence-electron chi connectivity index (χ0n) is 16.0. The molecule has 0 bridgehead atoms. The third-order valence-corrected chi connectivity index (χ3v) is 4.23. The van der Waals surface area contributed by atoms with Crippen molar-refractivity contribution in [2.24, 2.45) is 0 Å². The van der Waals surface area contributed by atoms with Gasteiger partial charge in [0.1, 0.15) is 11.3 Å². The molecule has 3 rings (SSSR count). The van der Waals surface area contributed by atoms with E-state index < -0.39 is 17.9 Å². The van der Waals surface area contributed by atoms with Gasteiger partial charge in [-0.3, -0.25) is 0 Å². The van der Waals surface area contributed by atoms with Crippen molar-refractivity contribution in [3.8, 4) is 16.9 Å². The molecule has 1 heterocycles. The van der Waals surface area contributed by atoms with Crippen LogP contribution in [0, 0.1) is 0 Å². The Hall–Kier alpha value is -3.94. The van der Waals surface area contributed by atoms with Gasteiger partial charge in [0.25, 0.3) is 0 Å². The fourth-order valence-electron chi connectivity index (χ4n) is 2.84. The molecule has 0 amide bonds. The molecule has 0 radical (unpaired) electrons. The summed E-state index contributed by atoms with van der Waals surface area (Å²) in [4.78, 5) is 36.8. The number of hydrogen-bond acceptors (Lipinski definition) is 7. The predicted octanol–water partition coefficient (Wildman–Crippen LogP) is 2.90. The number of carbonyl (C=O) groups excluding carboxylic acids is 3. The topological polar surface area (TPSA) is 96.7 Å². The van der Waals surface area contributed by atoms with Gasteiger partial charge in [0.15, 0.2) is 5.69 Å². The summed E-state index contributed by atoms with van der Waals surface area (Å²) in [6.07, 6.45) is 0. The van der Waals surface area contributed by atoms with Gasteiger partial charge < -0.3 is 14.2 Å². The first-order valence-electron chi connectivity index (χ1n) is 8.55. The summed E-state index contributed by atoms with van der Waals surface area (Å²) in [6, 6.07) is 15.2. The number of benzene rings is 2. The van der Waals surface area contributed by atoms with Crippen LogP contribution in [0.1, 0.15) is 31.2 Å². The molecule has 0 atom stereocenters. The molecule has 3 aromatic rings. The molecule has 1 aromatic heterocycles. The van der Waals surface area contributed by atoms with Crippen LogP contribution >= 0.6 is 0 Å². The fraction of sp³-hybridized carbons (Fsp3) is 0.143. The first-order chi connectivity index (χ1) is 14.0. The van der Waals surface area contributed by atoms with Crippen LogP contribution in [0.4, 0.5) is 0 Å². The quantitative estimate of drug-likeness (QED) is 0.485. The molecule has 0 saturated heterocycles. The highest BCUT2D eigenvalue weighted by Crippen LogP contribution is 2.29. The molecular formula is C21H18N2O6. The lowest BCUT2D eigenvalue weighted by Gasteiger charge is -2.07. The van der Waals surface area contributed by atoms with Crippen molar-refractivity contribution in [2.45, 2.75) is 0 Å². The zero-order chi connectivity index (χ0) is 21.0. The second-order valence-corrected chi connectivity index (χ2v) is 5.87. The molecule has 2 aromatic carbocycles. The van der Waals surface area contributed by atoms with Crippen molar-refractivity contribution in [1.82, 2.24) is 9.78 Å². The van der Waals surface area contributed by atoms with Crippen molar-refractivity contribution in [1.29, 1.82) is 0 Å². The van der Waals surface area contributed by atoms with Gasteiger partial charge >= 0.3 is 17.9 Å². The maximum absolute atomic E-state index is 12.6. The zero-order valence-corrected chi connectivity index (χ0v) is 16.0. The van der Waals surface area contributed by atoms with E-state index in [0.29, 0.717) is 16.8 Å². The Morgan fingerprint density at radius 1 is 0.759 bits per heavy atom. The van der Waals surface area contributed by atoms with E-state index in [-0.39, 0.29) is 17.0 Å². The SMILES string of the molecule is COC(=O)c1ccc(-c2nn(-c3ccccc3)c(C(=O)OC)c2C(=O)OC)cc1. The molecule has 29 heavy (non-hydrogen) atoms. The Morgan fingerprint density at radius 2 is 1.34 bits per heavy atom. The molecule has 148 valence electrons. The normalized spacial score (nSPS) is 10.3. The summed E-state index contributed by atoms with van der Waals surface area (Å²) in [5, 5.41) is 4.48. The summed E-state index contributed by atoms with van der Waals surface area (Å²) in [5.41, 5.74) is 1.55. The molecule has 8 nitrogen and oxygen atoms in total. The van der Waals surface area contributed by atoms with E-state index in [4.69, 9.17) is 14.2 Å². The maximum Gasteiger partial charge on any atom is 0.357 e. The Balaban J connectivity index is 2.26. The minimum absolute atomic E-state index is 0.0333. The second-order valence-electron chi connectivity index (χ2n) is 5.87. The van der Waals surface area contributed by atoms with Gasteiger partial charge in [0, 0.05) is 5.56 Å². The van der Waals surface area contributed by atoms with Crippen LogP contribution in [0.2, 0.25) is 0 Å². The van der Waals surface area contributed by atoms with Crippen LogP contribution in [0.15, 0.2) is 54.6 Å². The summed E-state index contributed by atoms with van der Waals surface area (Å²) in [7, 11) is 3.72. The van der Waals surface area contributed by atoms with E-state index in [1.54, 1.807) is 48.5 Å². The van der Waals surface area contributed by atoms with Crippen molar-refractivity contribution >= 4 is 17.9 Å². The Kier molecular flexibility index (Phi) is 5.73. The summed E-state index contributed by atoms with van der Waals surface area (Å²) in [6.45, 7) is 0. The van der Waals surface area contributed by atoms with Gasteiger partial charge in [-0.2, -0.15) is 5.10 Å². The number of aromatic nitrogens is 2. The first kappa shape index (κ1) is 19.8. The van der Waals surface area contributed by atoms with E-state index >= 15 is 0 Å². The van der Waals surface area contributed by atoms with Crippen molar-refractivity contribution in [3.05, 3.63) is 71.4 Å². The largest absolute Gasteiger partial charge is 0.465 e. The maximum atomic E-state index is 12.6. The Bertz CT molecular complexity index is 1050. The van der Waals surface area contributed by atoms with Gasteiger partial charge in [0.2, 0.25) is 0 Å². The lowest BCUT2D eigenvalue weighted by molar-refractivity contribution is 0.0549. The number of hydrogen-bond donors (Lipinski definition) is 0. The molecular weight excluding hydrogens is 376 g/mol. The van der Waals surface area contributed by atoms with Crippen LogP contribution in [0.5, 0.6) is 0 Å². The van der Waals surface area contributed by atoms with Crippen LogP contribution < -0.4 is 0 Å². The average Bonchev–Trinajstić information content (AvgIpc) is 3.18. The molecule has 8 heteroatoms. The highest BCUT2D eigenvalue weighted by atomic mass is 16.5. The lowest BCUT2D eigenvalue weighted by Crippen LogP contribution is -2.15. The second kappa shape index (κ2) is 8.39. The Labute approximate surface area is 166 Å². The molecule has 0 unspecified atom stereocenters. The molecule has 0 aliphatic heterocycles. The number of para-hydroxylation sites is 1. The van der Waals surface area contributed by atoms with Crippen molar-refractivity contribution in [2.75, 3.05) is 21.3 Å². The lowest BCUT2D eigenvalue weighted by atomic mass is 10.0. The van der Waals surface area contributed by atoms with Crippen LogP contribution in [-0.2, 0) is 14.2 Å². The van der Waals surface area contributed by atoms with Gasteiger partial charge in [-0.1, -0.05) is 30.3 Å². The minimum Gasteiger partial charge on any atom is -0.465 e. The predicted molar refractivity (Wildman–Crippen MR) is 103 cm³/mol. The third-order valence-electron chi connectivity index (χ3n) is 4.23. The van der Waals surface area contributed by atoms with Gasteiger partial charge in [-0.15, -0.1) is 0 Å². The monoisotopic (exact) mass is 394 g/mol. The first-order valence-corrected chi connectivity index (χ1v) is 8.55. The highest BCUT2D eigenvalue weighted by molar-refractivity contribution is 6.07. The molecule has 0 aliphatic carbocycles. The number of methoxy groups -OCH3 is 3. The Morgan fingerprint density at radius 3 is 1.90 bits per heavy atom. The van der Waals surface area contributed by atoms with Gasteiger partial charge in [0.05, 0.1) is 32.6 Å². The van der Waals surface area contributed by atoms with E-state index in [1.165, 1.54) is 26.0 Å². The number of ether oxygens (including phenoxy) is 3. The number of rotatable bonds is 5. The molecule has 0 aliphatic rings. The number of carbonyl (C=O) groups is 3. The van der Waals surface area contributed by atoms with Crippen molar-refractivity contribution < 1.29 is 28.6 Å². The van der Waals surface area contributed by atoms with E-state index in [9.17, 15) is 14.4 Å². The molecule has 0 N–H and O–H groups in total. The highest BCUT2D eigenvalue weighted by Gasteiger charge is 2.31. The van der Waals surface area contributed by atoms with E-state index in [0.717, 1.165) is 0 Å². The van der Waals surface area contributed by atoms with Crippen LogP contribution in [-0.4, -0.2) is 49.0 Å². The van der Waals surface area contributed by atoms with Gasteiger partial charge in [-0.25, -0.2) is 19.1 Å². The fourth-order valence-corrected chi connectivity index (χ4v) is 2.84. The summed E-state index contributed by atoms with van der Waals surface area (Å²) >= 11 is 0. The molecule has 0 spiro atoms. The number of esters is 3. The van der Waals surface area contributed by atoms with Crippen LogP contribution in [0.3, 0.4) is 0 Å². The van der Waals surface area contributed by atoms with E-state index in [1.807, 2.05) is 6.07 Å². The summed E-state index contributed by atoms with van der Waals surface area (Å²) in [5.74, 6) is -1.96. The van der Waals surface area contributed by atoms with Crippen molar-refractivity contribution in [3.63, 3.8) is 0 Å². The standard InChI is InChI=1S/C21H18N2O6/c1-27-19(24)14-11-9-13(10-12-14)17-16(20(25)28-2)18(21(26)29-3)23(22-17)15-7-5-4-6-8-15/h4-12H,1-3H3. The third kappa shape index (κ3) is 3.73. The minimum atomic E-state index is -0.737. The molecule has 0 fully saturated rings. The summed E-state index contributed by atoms with van der Waals surface area (Å²) < 4.78 is 15.8. The van der Waals surface area contributed by atoms with Gasteiger partial charge in [-0.05, 0) is 24.3 Å². The smallest absolute Gasteiger partial charge is 0.357 e. The van der Waals surface area contributed by atoms with Crippen LogP contribution in [0.25, 0.3) is 16.9 Å².